The molecule has 0 amide bonds. The van der Waals surface area contributed by atoms with Crippen molar-refractivity contribution in [2.75, 3.05) is 0 Å². The van der Waals surface area contributed by atoms with Crippen LogP contribution in [0.1, 0.15) is 46.0 Å². The average molecular weight is 190 g/mol. The lowest BCUT2D eigenvalue weighted by atomic mass is 10.1. The molecule has 1 aliphatic rings. The third kappa shape index (κ3) is 2.87. The van der Waals surface area contributed by atoms with E-state index < -0.39 is 11.1 Å². The van der Waals surface area contributed by atoms with Crippen molar-refractivity contribution in [1.29, 1.82) is 0 Å². The summed E-state index contributed by atoms with van der Waals surface area (Å²) >= 11 is -0.994. The van der Waals surface area contributed by atoms with E-state index in [2.05, 4.69) is 6.92 Å². The van der Waals surface area contributed by atoms with Gasteiger partial charge in [0.05, 0.1) is 11.4 Å². The van der Waals surface area contributed by atoms with Crippen LogP contribution in [0.2, 0.25) is 0 Å². The summed E-state index contributed by atoms with van der Waals surface area (Å²) in [6, 6.07) is 0. The van der Waals surface area contributed by atoms with E-state index in [1.807, 2.05) is 6.92 Å². The van der Waals surface area contributed by atoms with E-state index in [4.69, 9.17) is 4.18 Å². The molecule has 2 nitrogen and oxygen atoms in total. The first kappa shape index (κ1) is 10.2. The van der Waals surface area contributed by atoms with E-state index >= 15 is 0 Å². The van der Waals surface area contributed by atoms with Crippen molar-refractivity contribution >= 4 is 11.1 Å². The molecular formula is C9H18O2S. The second-order valence-electron chi connectivity index (χ2n) is 3.52. The molecule has 3 unspecified atom stereocenters. The molecule has 0 saturated carbocycles. The van der Waals surface area contributed by atoms with E-state index in [9.17, 15) is 4.21 Å². The van der Waals surface area contributed by atoms with Gasteiger partial charge in [-0.2, -0.15) is 0 Å². The summed E-state index contributed by atoms with van der Waals surface area (Å²) in [5.41, 5.74) is 0. The summed E-state index contributed by atoms with van der Waals surface area (Å²) in [6.45, 7) is 4.18. The average Bonchev–Trinajstić information content (AvgIpc) is 2.31. The van der Waals surface area contributed by atoms with Crippen LogP contribution in [0.15, 0.2) is 0 Å². The van der Waals surface area contributed by atoms with Crippen LogP contribution in [-0.2, 0) is 15.3 Å². The van der Waals surface area contributed by atoms with Crippen LogP contribution in [0, 0.1) is 0 Å². The van der Waals surface area contributed by atoms with Gasteiger partial charge in [0.1, 0.15) is 0 Å². The number of rotatable bonds is 4. The molecule has 3 heteroatoms. The molecule has 1 rings (SSSR count). The highest BCUT2D eigenvalue weighted by Crippen LogP contribution is 2.24. The van der Waals surface area contributed by atoms with Crippen molar-refractivity contribution in [2.45, 2.75) is 57.3 Å². The van der Waals surface area contributed by atoms with Gasteiger partial charge in [0, 0.05) is 0 Å². The standard InChI is InChI=1S/C9H18O2S/c1-3-4-5-6-9-7-8(2)11-12(9)10/h8-9H,3-7H2,1-2H3. The zero-order chi connectivity index (χ0) is 8.97. The van der Waals surface area contributed by atoms with Crippen LogP contribution >= 0.6 is 0 Å². The van der Waals surface area contributed by atoms with Crippen molar-refractivity contribution in [2.24, 2.45) is 0 Å². The maximum Gasteiger partial charge on any atom is 0.158 e. The van der Waals surface area contributed by atoms with E-state index in [1.165, 1.54) is 19.3 Å². The fraction of sp³-hybridized carbons (Fsp3) is 1.00. The summed E-state index contributed by atoms with van der Waals surface area (Å²) in [6.07, 6.45) is 5.94. The Morgan fingerprint density at radius 1 is 1.50 bits per heavy atom. The summed E-state index contributed by atoms with van der Waals surface area (Å²) in [4.78, 5) is 0. The lowest BCUT2D eigenvalue weighted by Gasteiger charge is -2.04. The maximum absolute atomic E-state index is 11.3. The Kier molecular flexibility index (Phi) is 4.22. The van der Waals surface area contributed by atoms with Crippen molar-refractivity contribution in [3.63, 3.8) is 0 Å². The molecule has 0 bridgehead atoms. The fourth-order valence-electron chi connectivity index (χ4n) is 1.56. The first-order valence-electron chi connectivity index (χ1n) is 4.81. The third-order valence-electron chi connectivity index (χ3n) is 2.26. The second kappa shape index (κ2) is 4.97. The van der Waals surface area contributed by atoms with Crippen molar-refractivity contribution in [3.05, 3.63) is 0 Å². The first-order chi connectivity index (χ1) is 5.74. The van der Waals surface area contributed by atoms with Gasteiger partial charge in [-0.15, -0.1) is 0 Å². The molecule has 1 heterocycles. The molecule has 3 atom stereocenters. The molecule has 0 N–H and O–H groups in total. The minimum Gasteiger partial charge on any atom is -0.287 e. The Balaban J connectivity index is 2.19. The van der Waals surface area contributed by atoms with Crippen molar-refractivity contribution < 1.29 is 8.39 Å². The summed E-state index contributed by atoms with van der Waals surface area (Å²) in [5, 5.41) is 0.312. The lowest BCUT2D eigenvalue weighted by molar-refractivity contribution is 0.270. The Hall–Kier alpha value is 0.110. The Bertz CT molecular complexity index is 159. The van der Waals surface area contributed by atoms with Crippen LogP contribution in [0.5, 0.6) is 0 Å². The molecule has 0 aromatic rings. The highest BCUT2D eigenvalue weighted by Gasteiger charge is 2.29. The summed E-state index contributed by atoms with van der Waals surface area (Å²) in [5.74, 6) is 0. The van der Waals surface area contributed by atoms with Gasteiger partial charge in [-0.1, -0.05) is 26.2 Å². The molecular weight excluding hydrogens is 172 g/mol. The Morgan fingerprint density at radius 2 is 2.25 bits per heavy atom. The van der Waals surface area contributed by atoms with Crippen molar-refractivity contribution in [1.82, 2.24) is 0 Å². The largest absolute Gasteiger partial charge is 0.287 e. The van der Waals surface area contributed by atoms with Crippen LogP contribution in [0.4, 0.5) is 0 Å². The predicted octanol–water partition coefficient (Wildman–Crippen LogP) is 2.41. The summed E-state index contributed by atoms with van der Waals surface area (Å²) in [7, 11) is 0. The molecule has 0 aromatic heterocycles. The minimum absolute atomic E-state index is 0.206. The highest BCUT2D eigenvalue weighted by molar-refractivity contribution is 7.81. The van der Waals surface area contributed by atoms with Crippen LogP contribution in [0.25, 0.3) is 0 Å². The molecule has 0 aromatic carbocycles. The van der Waals surface area contributed by atoms with Gasteiger partial charge < -0.3 is 0 Å². The zero-order valence-electron chi connectivity index (χ0n) is 7.91. The predicted molar refractivity (Wildman–Crippen MR) is 51.2 cm³/mol. The number of unbranched alkanes of at least 4 members (excludes halogenated alkanes) is 2. The summed E-state index contributed by atoms with van der Waals surface area (Å²) < 4.78 is 16.4. The van der Waals surface area contributed by atoms with E-state index in [0.717, 1.165) is 12.8 Å². The SMILES string of the molecule is CCCCCC1CC(C)OS1=O. The van der Waals surface area contributed by atoms with Crippen LogP contribution in [-0.4, -0.2) is 15.6 Å². The molecule has 72 valence electrons. The normalized spacial score (nSPS) is 35.7. The van der Waals surface area contributed by atoms with E-state index in [-0.39, 0.29) is 6.10 Å². The first-order valence-corrected chi connectivity index (χ1v) is 5.95. The van der Waals surface area contributed by atoms with Gasteiger partial charge in [0.15, 0.2) is 11.1 Å². The molecule has 1 fully saturated rings. The lowest BCUT2D eigenvalue weighted by Crippen LogP contribution is -2.07. The van der Waals surface area contributed by atoms with Gasteiger partial charge in [0.25, 0.3) is 0 Å². The van der Waals surface area contributed by atoms with Gasteiger partial charge in [0.2, 0.25) is 0 Å². The van der Waals surface area contributed by atoms with Gasteiger partial charge in [-0.25, -0.2) is 4.21 Å². The Labute approximate surface area is 77.3 Å². The molecule has 0 spiro atoms. The zero-order valence-corrected chi connectivity index (χ0v) is 8.73. The smallest absolute Gasteiger partial charge is 0.158 e. The number of hydrogen-bond acceptors (Lipinski definition) is 2. The quantitative estimate of drug-likeness (QED) is 0.636. The fourth-order valence-corrected chi connectivity index (χ4v) is 2.91. The molecule has 0 aliphatic carbocycles. The van der Waals surface area contributed by atoms with E-state index in [0.29, 0.717) is 5.25 Å². The topological polar surface area (TPSA) is 26.3 Å². The van der Waals surface area contributed by atoms with Crippen molar-refractivity contribution in [3.8, 4) is 0 Å². The second-order valence-corrected chi connectivity index (χ2v) is 4.90. The van der Waals surface area contributed by atoms with Gasteiger partial charge in [-0.3, -0.25) is 4.18 Å². The third-order valence-corrected chi connectivity index (χ3v) is 3.75. The molecule has 12 heavy (non-hydrogen) atoms. The maximum atomic E-state index is 11.3. The molecule has 1 aliphatic heterocycles. The van der Waals surface area contributed by atoms with Crippen LogP contribution < -0.4 is 0 Å². The number of hydrogen-bond donors (Lipinski definition) is 0. The van der Waals surface area contributed by atoms with Gasteiger partial charge >= 0.3 is 0 Å². The minimum atomic E-state index is -0.994. The highest BCUT2D eigenvalue weighted by atomic mass is 32.2. The molecule has 1 saturated heterocycles. The molecule has 0 radical (unpaired) electrons. The monoisotopic (exact) mass is 190 g/mol. The van der Waals surface area contributed by atoms with Crippen LogP contribution in [0.3, 0.4) is 0 Å². The Morgan fingerprint density at radius 3 is 2.75 bits per heavy atom. The van der Waals surface area contributed by atoms with Gasteiger partial charge in [-0.05, 0) is 19.8 Å². The van der Waals surface area contributed by atoms with E-state index in [1.54, 1.807) is 0 Å².